The number of nitrogens with two attached hydrogens (primary N) is 1. The van der Waals surface area contributed by atoms with E-state index in [1.807, 2.05) is 0 Å². The molecule has 0 unspecified atom stereocenters. The number of ether oxygens (including phenoxy) is 2. The third kappa shape index (κ3) is 4.87. The molecule has 3 N–H and O–H groups in total. The molecule has 1 fully saturated rings. The number of nitrogens with zero attached hydrogens (tertiary/aromatic N) is 1. The van der Waals surface area contributed by atoms with E-state index in [1.54, 1.807) is 48.5 Å². The van der Waals surface area contributed by atoms with E-state index < -0.39 is 23.6 Å². The van der Waals surface area contributed by atoms with Gasteiger partial charge in [-0.15, -0.1) is 0 Å². The van der Waals surface area contributed by atoms with Crippen LogP contribution in [-0.4, -0.2) is 54.5 Å². The van der Waals surface area contributed by atoms with E-state index in [9.17, 15) is 19.5 Å². The molecule has 1 atom stereocenters. The quantitative estimate of drug-likeness (QED) is 0.366. The number of rotatable bonds is 8. The van der Waals surface area contributed by atoms with Crippen LogP contribution in [0.15, 0.2) is 54.1 Å². The predicted octanol–water partition coefficient (Wildman–Crippen LogP) is 2.27. The van der Waals surface area contributed by atoms with Gasteiger partial charge in [-0.25, -0.2) is 0 Å². The van der Waals surface area contributed by atoms with E-state index in [0.717, 1.165) is 0 Å². The van der Waals surface area contributed by atoms with Gasteiger partial charge in [-0.05, 0) is 42.0 Å². The average Bonchev–Trinajstić information content (AvgIpc) is 3.01. The first-order valence-electron chi connectivity index (χ1n) is 9.38. The molecule has 31 heavy (non-hydrogen) atoms. The van der Waals surface area contributed by atoms with Gasteiger partial charge in [0.15, 0.2) is 6.61 Å². The Labute approximate surface area is 183 Å². The van der Waals surface area contributed by atoms with Crippen LogP contribution in [0, 0.1) is 0 Å². The van der Waals surface area contributed by atoms with Crippen LogP contribution in [0.1, 0.15) is 17.2 Å². The van der Waals surface area contributed by atoms with Crippen LogP contribution in [0.4, 0.5) is 0 Å². The van der Waals surface area contributed by atoms with Crippen molar-refractivity contribution in [1.29, 1.82) is 0 Å². The lowest BCUT2D eigenvalue weighted by molar-refractivity contribution is -0.140. The number of aliphatic hydroxyl groups excluding tert-OH is 1. The third-order valence-corrected chi connectivity index (χ3v) is 5.02. The van der Waals surface area contributed by atoms with Crippen molar-refractivity contribution in [3.05, 3.63) is 70.3 Å². The molecule has 0 spiro atoms. The molecule has 0 bridgehead atoms. The minimum atomic E-state index is -0.823. The Morgan fingerprint density at radius 2 is 1.77 bits per heavy atom. The van der Waals surface area contributed by atoms with Gasteiger partial charge in [0.2, 0.25) is 0 Å². The molecule has 8 nitrogen and oxygen atoms in total. The second-order valence-corrected chi connectivity index (χ2v) is 7.25. The highest BCUT2D eigenvalue weighted by atomic mass is 35.5. The summed E-state index contributed by atoms with van der Waals surface area (Å²) in [6.07, 6.45) is 0. The van der Waals surface area contributed by atoms with Gasteiger partial charge in [-0.2, -0.15) is 0 Å². The van der Waals surface area contributed by atoms with Gasteiger partial charge in [0.25, 0.3) is 17.6 Å². The zero-order valence-corrected chi connectivity index (χ0v) is 17.5. The number of hydrogen-bond acceptors (Lipinski definition) is 6. The second-order valence-electron chi connectivity index (χ2n) is 6.82. The monoisotopic (exact) mass is 444 g/mol. The number of methoxy groups -OCH3 is 1. The van der Waals surface area contributed by atoms with E-state index in [0.29, 0.717) is 21.9 Å². The lowest BCUT2D eigenvalue weighted by Gasteiger charge is -2.25. The predicted molar refractivity (Wildman–Crippen MR) is 113 cm³/mol. The number of carbonyl (C=O) groups excluding carboxylic acids is 3. The largest absolute Gasteiger partial charge is 0.507 e. The van der Waals surface area contributed by atoms with Crippen LogP contribution in [0.5, 0.6) is 5.75 Å². The van der Waals surface area contributed by atoms with Gasteiger partial charge in [-0.3, -0.25) is 14.4 Å². The van der Waals surface area contributed by atoms with E-state index in [-0.39, 0.29) is 31.1 Å². The SMILES string of the molecule is COCCN1C(=O)C(=O)C(=C(O)c2ccc(Cl)cc2)[C@H]1c1ccc(OCC(N)=O)cc1. The van der Waals surface area contributed by atoms with Crippen molar-refractivity contribution in [1.82, 2.24) is 4.90 Å². The fourth-order valence-electron chi connectivity index (χ4n) is 3.31. The summed E-state index contributed by atoms with van der Waals surface area (Å²) in [5.41, 5.74) is 5.99. The molecule has 0 aromatic heterocycles. The maximum Gasteiger partial charge on any atom is 0.295 e. The van der Waals surface area contributed by atoms with Gasteiger partial charge in [0, 0.05) is 24.2 Å². The van der Waals surface area contributed by atoms with Crippen LogP contribution in [0.2, 0.25) is 5.02 Å². The van der Waals surface area contributed by atoms with Crippen molar-refractivity contribution >= 4 is 35.0 Å². The summed E-state index contributed by atoms with van der Waals surface area (Å²) in [7, 11) is 1.49. The Morgan fingerprint density at radius 3 is 2.35 bits per heavy atom. The highest BCUT2D eigenvalue weighted by Gasteiger charge is 2.45. The van der Waals surface area contributed by atoms with Crippen molar-refractivity contribution in [3.8, 4) is 5.75 Å². The number of aliphatic hydroxyl groups is 1. The van der Waals surface area contributed by atoms with Crippen molar-refractivity contribution in [3.63, 3.8) is 0 Å². The average molecular weight is 445 g/mol. The minimum absolute atomic E-state index is 0.0331. The molecule has 2 amide bonds. The number of halogens is 1. The van der Waals surface area contributed by atoms with Gasteiger partial charge in [0.1, 0.15) is 11.5 Å². The summed E-state index contributed by atoms with van der Waals surface area (Å²) in [6.45, 7) is 0.0929. The Bertz CT molecular complexity index is 1020. The summed E-state index contributed by atoms with van der Waals surface area (Å²) in [4.78, 5) is 37.8. The molecule has 1 heterocycles. The highest BCUT2D eigenvalue weighted by molar-refractivity contribution is 6.46. The molecule has 2 aromatic rings. The number of benzene rings is 2. The first kappa shape index (κ1) is 22.3. The van der Waals surface area contributed by atoms with Gasteiger partial charge in [0.05, 0.1) is 18.2 Å². The maximum atomic E-state index is 12.8. The fourth-order valence-corrected chi connectivity index (χ4v) is 3.44. The number of ketones is 1. The van der Waals surface area contributed by atoms with Gasteiger partial charge >= 0.3 is 0 Å². The van der Waals surface area contributed by atoms with E-state index in [2.05, 4.69) is 0 Å². The first-order chi connectivity index (χ1) is 14.8. The molecule has 3 rings (SSSR count). The lowest BCUT2D eigenvalue weighted by Crippen LogP contribution is -2.32. The number of likely N-dealkylation sites (tertiary alicyclic amines) is 1. The Morgan fingerprint density at radius 1 is 1.13 bits per heavy atom. The molecule has 9 heteroatoms. The Balaban J connectivity index is 2.04. The standard InChI is InChI=1S/C22H21ClN2O6/c1-30-11-10-25-19(13-4-8-16(9-5-13)31-12-17(24)26)18(21(28)22(25)29)20(27)14-2-6-15(23)7-3-14/h2-9,19,27H,10-12H2,1H3,(H2,24,26)/t19-/m1/s1. The highest BCUT2D eigenvalue weighted by Crippen LogP contribution is 2.39. The van der Waals surface area contributed by atoms with E-state index in [4.69, 9.17) is 26.8 Å². The smallest absolute Gasteiger partial charge is 0.295 e. The minimum Gasteiger partial charge on any atom is -0.507 e. The summed E-state index contributed by atoms with van der Waals surface area (Å²) in [5.74, 6) is -2.03. The molecular weight excluding hydrogens is 424 g/mol. The number of primary amides is 1. The molecule has 1 saturated heterocycles. The number of carbonyl (C=O) groups is 3. The maximum absolute atomic E-state index is 12.8. The zero-order valence-electron chi connectivity index (χ0n) is 16.7. The molecule has 0 saturated carbocycles. The van der Waals surface area contributed by atoms with E-state index in [1.165, 1.54) is 12.0 Å². The number of hydrogen-bond donors (Lipinski definition) is 2. The van der Waals surface area contributed by atoms with Crippen molar-refractivity contribution < 1.29 is 29.0 Å². The molecule has 1 aliphatic rings. The fraction of sp³-hybridized carbons (Fsp3) is 0.227. The Hall–Kier alpha value is -3.36. The summed E-state index contributed by atoms with van der Waals surface area (Å²) in [5, 5.41) is 11.4. The molecule has 1 aliphatic heterocycles. The Kier molecular flexibility index (Phi) is 6.94. The van der Waals surface area contributed by atoms with Crippen molar-refractivity contribution in [2.75, 3.05) is 26.9 Å². The second kappa shape index (κ2) is 9.63. The molecular formula is C22H21ClN2O6. The summed E-state index contributed by atoms with van der Waals surface area (Å²) < 4.78 is 10.3. The van der Waals surface area contributed by atoms with Crippen molar-refractivity contribution in [2.45, 2.75) is 6.04 Å². The topological polar surface area (TPSA) is 119 Å². The molecule has 162 valence electrons. The lowest BCUT2D eigenvalue weighted by atomic mass is 9.95. The van der Waals surface area contributed by atoms with Crippen molar-refractivity contribution in [2.24, 2.45) is 5.73 Å². The van der Waals surface area contributed by atoms with Crippen LogP contribution in [-0.2, 0) is 19.1 Å². The molecule has 0 aliphatic carbocycles. The van der Waals surface area contributed by atoms with Crippen LogP contribution < -0.4 is 10.5 Å². The van der Waals surface area contributed by atoms with E-state index >= 15 is 0 Å². The van der Waals surface area contributed by atoms with Crippen LogP contribution >= 0.6 is 11.6 Å². The normalized spacial score (nSPS) is 17.7. The zero-order chi connectivity index (χ0) is 22.5. The first-order valence-corrected chi connectivity index (χ1v) is 9.75. The number of Topliss-reactive ketones (excluding diaryl/α,β-unsaturated/α-hetero) is 1. The summed E-state index contributed by atoms with van der Waals surface area (Å²) >= 11 is 5.91. The summed E-state index contributed by atoms with van der Waals surface area (Å²) in [6, 6.07) is 12.0. The van der Waals surface area contributed by atoms with Gasteiger partial charge in [-0.1, -0.05) is 23.7 Å². The molecule has 2 aromatic carbocycles. The molecule has 0 radical (unpaired) electrons. The van der Waals surface area contributed by atoms with Crippen LogP contribution in [0.25, 0.3) is 5.76 Å². The van der Waals surface area contributed by atoms with Gasteiger partial charge < -0.3 is 25.2 Å². The van der Waals surface area contributed by atoms with Crippen LogP contribution in [0.3, 0.4) is 0 Å². The third-order valence-electron chi connectivity index (χ3n) is 4.77. The number of amides is 2.